The lowest BCUT2D eigenvalue weighted by Crippen LogP contribution is -2.54. The number of nitrogens with zero attached hydrogens (tertiary/aromatic N) is 7. The Balaban J connectivity index is 0.896. The summed E-state index contributed by atoms with van der Waals surface area (Å²) in [6, 6.07) is 14.6. The van der Waals surface area contributed by atoms with Gasteiger partial charge in [-0.25, -0.2) is 27.5 Å². The number of fused-ring (bicyclic) bond motifs is 2. The lowest BCUT2D eigenvalue weighted by molar-refractivity contribution is -0.127. The number of aromatic nitrogens is 3. The number of rotatable bonds is 22. The van der Waals surface area contributed by atoms with Crippen molar-refractivity contribution in [3.05, 3.63) is 117 Å². The van der Waals surface area contributed by atoms with Gasteiger partial charge in [0.25, 0.3) is 11.8 Å². The SMILES string of the molecule is C=C(Cl)C(=O)N1CCN(c2nc(=O)n(-c3ccccc3SCCC)c3nc(-c4c(F)cccc4OCCCCCCCN4CCC(c5cc(F)cc6c5CN(C(C=O)CCC(=O)NC)C6=O)CC4)c(F)cc23)C(C)C1. The van der Waals surface area contributed by atoms with Crippen molar-refractivity contribution < 1.29 is 37.1 Å². The molecule has 398 valence electrons. The Morgan fingerprint density at radius 1 is 0.960 bits per heavy atom. The molecule has 75 heavy (non-hydrogen) atoms. The minimum Gasteiger partial charge on any atom is -0.493 e. The number of nitrogens with one attached hydrogen (secondary N) is 1. The zero-order chi connectivity index (χ0) is 53.3. The quantitative estimate of drug-likeness (QED) is 0.0306. The van der Waals surface area contributed by atoms with E-state index >= 15 is 8.78 Å². The molecule has 8 rings (SSSR count). The summed E-state index contributed by atoms with van der Waals surface area (Å²) in [6.07, 6.45) is 7.93. The lowest BCUT2D eigenvalue weighted by atomic mass is 9.85. The molecule has 2 fully saturated rings. The molecule has 3 aliphatic rings. The molecule has 0 bridgehead atoms. The van der Waals surface area contributed by atoms with Crippen molar-refractivity contribution in [1.82, 2.24) is 34.6 Å². The molecule has 0 saturated carbocycles. The summed E-state index contributed by atoms with van der Waals surface area (Å²) < 4.78 is 55.3. The topological polar surface area (TPSA) is 150 Å². The first-order chi connectivity index (χ1) is 36.2. The largest absolute Gasteiger partial charge is 0.493 e. The second kappa shape index (κ2) is 25.1. The number of ether oxygens (including phenoxy) is 1. The average Bonchev–Trinajstić information content (AvgIpc) is 3.73. The summed E-state index contributed by atoms with van der Waals surface area (Å²) in [4.78, 5) is 81.7. The third kappa shape index (κ3) is 12.4. The Bertz CT molecular complexity index is 3010. The number of hydrogen-bond acceptors (Lipinski definition) is 11. The molecule has 3 aromatic carbocycles. The number of amides is 3. The van der Waals surface area contributed by atoms with Crippen LogP contribution in [0.4, 0.5) is 19.0 Å². The Hall–Kier alpha value is -6.24. The molecule has 0 aliphatic carbocycles. The van der Waals surface area contributed by atoms with Gasteiger partial charge in [-0.1, -0.05) is 62.6 Å². The van der Waals surface area contributed by atoms with Crippen molar-refractivity contribution >= 4 is 64.2 Å². The molecule has 2 aromatic heterocycles. The highest BCUT2D eigenvalue weighted by molar-refractivity contribution is 7.99. The first kappa shape index (κ1) is 55.0. The predicted octanol–water partition coefficient (Wildman–Crippen LogP) is 9.42. The van der Waals surface area contributed by atoms with Crippen LogP contribution in [0, 0.1) is 17.5 Å². The maximum Gasteiger partial charge on any atom is 0.355 e. The molecule has 0 spiro atoms. The van der Waals surface area contributed by atoms with Gasteiger partial charge in [-0.05, 0) is 130 Å². The van der Waals surface area contributed by atoms with Crippen molar-refractivity contribution in [2.24, 2.45) is 0 Å². The molecule has 5 aromatic rings. The number of carbonyl (C=O) groups is 4. The number of halogens is 4. The normalized spacial score (nSPS) is 16.6. The van der Waals surface area contributed by atoms with Crippen molar-refractivity contribution in [3.63, 3.8) is 0 Å². The van der Waals surface area contributed by atoms with Crippen LogP contribution in [0.15, 0.2) is 82.0 Å². The van der Waals surface area contributed by atoms with E-state index in [-0.39, 0.29) is 108 Å². The smallest absolute Gasteiger partial charge is 0.355 e. The van der Waals surface area contributed by atoms with E-state index in [4.69, 9.17) is 21.3 Å². The zero-order valence-electron chi connectivity index (χ0n) is 42.7. The molecular formula is C56H64ClF3N8O6S. The Morgan fingerprint density at radius 2 is 1.72 bits per heavy atom. The number of aldehydes is 1. The molecule has 2 unspecified atom stereocenters. The van der Waals surface area contributed by atoms with Crippen LogP contribution >= 0.6 is 23.4 Å². The Labute approximate surface area is 444 Å². The van der Waals surface area contributed by atoms with E-state index in [2.05, 4.69) is 28.7 Å². The molecular weight excluding hydrogens is 1010 g/mol. The number of piperazine rings is 1. The summed E-state index contributed by atoms with van der Waals surface area (Å²) >= 11 is 7.52. The lowest BCUT2D eigenvalue weighted by Gasteiger charge is -2.40. The van der Waals surface area contributed by atoms with Crippen molar-refractivity contribution in [3.8, 4) is 22.7 Å². The van der Waals surface area contributed by atoms with E-state index in [1.54, 1.807) is 34.9 Å². The van der Waals surface area contributed by atoms with Crippen LogP contribution < -0.4 is 20.6 Å². The summed E-state index contributed by atoms with van der Waals surface area (Å²) in [5, 5.41) is 2.67. The number of anilines is 1. The van der Waals surface area contributed by atoms with Crippen LogP contribution in [0.1, 0.15) is 105 Å². The van der Waals surface area contributed by atoms with Crippen LogP contribution in [-0.2, 0) is 20.9 Å². The summed E-state index contributed by atoms with van der Waals surface area (Å²) in [5.74, 6) is -1.86. The van der Waals surface area contributed by atoms with E-state index in [0.29, 0.717) is 24.0 Å². The zero-order valence-corrected chi connectivity index (χ0v) is 44.3. The van der Waals surface area contributed by atoms with Crippen molar-refractivity contribution in [2.75, 3.05) is 63.6 Å². The maximum absolute atomic E-state index is 16.8. The van der Waals surface area contributed by atoms with E-state index < -0.39 is 35.1 Å². The van der Waals surface area contributed by atoms with Crippen LogP contribution in [0.2, 0.25) is 0 Å². The minimum absolute atomic E-state index is 0.0783. The van der Waals surface area contributed by atoms with Gasteiger partial charge in [0, 0.05) is 56.1 Å². The molecule has 5 heterocycles. The number of para-hydroxylation sites is 1. The van der Waals surface area contributed by atoms with E-state index in [1.165, 1.54) is 46.8 Å². The van der Waals surface area contributed by atoms with E-state index in [0.717, 1.165) is 86.4 Å². The van der Waals surface area contributed by atoms with Gasteiger partial charge in [0.1, 0.15) is 35.2 Å². The molecule has 2 atom stereocenters. The summed E-state index contributed by atoms with van der Waals surface area (Å²) in [6.45, 7) is 11.3. The van der Waals surface area contributed by atoms with Crippen molar-refractivity contribution in [1.29, 1.82) is 0 Å². The number of thioether (sulfide) groups is 1. The number of pyridine rings is 1. The highest BCUT2D eigenvalue weighted by Gasteiger charge is 2.37. The predicted molar refractivity (Wildman–Crippen MR) is 286 cm³/mol. The fraction of sp³-hybridized carbons (Fsp3) is 0.446. The fourth-order valence-electron chi connectivity index (χ4n) is 10.5. The first-order valence-electron chi connectivity index (χ1n) is 25.9. The Morgan fingerprint density at radius 3 is 2.45 bits per heavy atom. The molecule has 2 saturated heterocycles. The van der Waals surface area contributed by atoms with Crippen LogP contribution in [0.25, 0.3) is 28.0 Å². The van der Waals surface area contributed by atoms with Gasteiger partial charge in [0.05, 0.1) is 34.3 Å². The number of piperidine rings is 1. The van der Waals surface area contributed by atoms with E-state index in [1.807, 2.05) is 24.0 Å². The van der Waals surface area contributed by atoms with Crippen LogP contribution in [0.5, 0.6) is 5.75 Å². The molecule has 3 aliphatic heterocycles. The number of carbonyl (C=O) groups excluding carboxylic acids is 4. The first-order valence-corrected chi connectivity index (χ1v) is 27.3. The molecule has 3 amide bonds. The third-order valence-corrected chi connectivity index (χ3v) is 15.9. The highest BCUT2D eigenvalue weighted by atomic mass is 35.5. The van der Waals surface area contributed by atoms with Crippen LogP contribution in [0.3, 0.4) is 0 Å². The number of unbranched alkanes of at least 4 members (excludes halogenated alkanes) is 4. The van der Waals surface area contributed by atoms with Gasteiger partial charge in [-0.2, -0.15) is 4.98 Å². The van der Waals surface area contributed by atoms with Gasteiger partial charge >= 0.3 is 5.69 Å². The average molecular weight is 1070 g/mol. The van der Waals surface area contributed by atoms with Gasteiger partial charge < -0.3 is 34.4 Å². The minimum atomic E-state index is -0.829. The van der Waals surface area contributed by atoms with Gasteiger partial charge in [0.2, 0.25) is 5.91 Å². The van der Waals surface area contributed by atoms with E-state index in [9.17, 15) is 28.4 Å². The summed E-state index contributed by atoms with van der Waals surface area (Å²) in [5.41, 5.74) is 1.37. The van der Waals surface area contributed by atoms with Gasteiger partial charge in [-0.3, -0.25) is 14.4 Å². The number of hydrogen-bond donors (Lipinski definition) is 1. The second-order valence-electron chi connectivity index (χ2n) is 19.5. The number of benzene rings is 3. The summed E-state index contributed by atoms with van der Waals surface area (Å²) in [7, 11) is 1.52. The molecule has 0 radical (unpaired) electrons. The monoisotopic (exact) mass is 1070 g/mol. The molecule has 14 nitrogen and oxygen atoms in total. The highest BCUT2D eigenvalue weighted by Crippen LogP contribution is 2.40. The number of likely N-dealkylation sites (tertiary alicyclic amines) is 1. The van der Waals surface area contributed by atoms with Crippen molar-refractivity contribution in [2.45, 2.75) is 107 Å². The van der Waals surface area contributed by atoms with Crippen LogP contribution in [-0.4, -0.2) is 124 Å². The standard InChI is InChI=1S/C56H64ClF3N8O6S/c1-5-28-75-48-17-10-9-15-46(48)68-53-42(52(63-56(68)73)66-26-25-65(32-35(66)2)54(71)36(3)57)31-45(60)51(62-53)50-44(59)14-13-16-47(50)74-27-12-8-6-7-11-22-64-23-20-37(21-24-64)40-29-38(58)30-41-43(40)33-67(55(41)72)39(34-69)18-19-49(70)61-4/h9-10,13-17,29-31,34-35,37,39H,3,5-8,11-12,18-28,32-33H2,1-2,4H3,(H,61,70). The van der Waals surface area contributed by atoms with Gasteiger partial charge in [-0.15, -0.1) is 11.8 Å². The Kier molecular flexibility index (Phi) is 18.4. The molecule has 1 N–H and O–H groups in total. The second-order valence-corrected chi connectivity index (χ2v) is 21.1. The maximum atomic E-state index is 16.8. The molecule has 19 heteroatoms. The third-order valence-electron chi connectivity index (χ3n) is 14.5. The fourth-order valence-corrected chi connectivity index (χ4v) is 11.6. The van der Waals surface area contributed by atoms with Gasteiger partial charge in [0.15, 0.2) is 11.5 Å².